The number of hydrogen-bond acceptors (Lipinski definition) is 5. The third-order valence-electron chi connectivity index (χ3n) is 1.71. The smallest absolute Gasteiger partial charge is 0.367 e. The van der Waals surface area contributed by atoms with Gasteiger partial charge in [-0.3, -0.25) is 0 Å². The summed E-state index contributed by atoms with van der Waals surface area (Å²) in [5, 5.41) is 20.4. The molecule has 2 heterocycles. The normalized spacial score (nSPS) is 11.4. The van der Waals surface area contributed by atoms with Crippen molar-refractivity contribution >= 4 is 22.3 Å². The largest absolute Gasteiger partial charge is 0.476 e. The fraction of sp³-hybridized carbons (Fsp3) is 0.429. The monoisotopic (exact) mass is 212 g/mol. The second-order valence-electron chi connectivity index (χ2n) is 3.12. The van der Waals surface area contributed by atoms with Crippen molar-refractivity contribution < 1.29 is 9.90 Å². The molecule has 0 saturated carbocycles. The Morgan fingerprint density at radius 2 is 2.21 bits per heavy atom. The van der Waals surface area contributed by atoms with Crippen LogP contribution in [0.15, 0.2) is 0 Å². The molecule has 0 aliphatic heterocycles. The molecule has 0 radical (unpaired) electrons. The summed E-state index contributed by atoms with van der Waals surface area (Å²) in [6.07, 6.45) is 0. The average Bonchev–Trinajstić information content (AvgIpc) is 2.58. The molecule has 1 N–H and O–H groups in total. The number of fused-ring (bicyclic) bond motifs is 1. The number of aromatic nitrogens is 4. The highest BCUT2D eigenvalue weighted by Crippen LogP contribution is 2.18. The summed E-state index contributed by atoms with van der Waals surface area (Å²) >= 11 is 1.02. The van der Waals surface area contributed by atoms with Gasteiger partial charge in [-0.2, -0.15) is 4.52 Å². The van der Waals surface area contributed by atoms with Gasteiger partial charge in [-0.15, -0.1) is 15.3 Å². The summed E-state index contributed by atoms with van der Waals surface area (Å²) < 4.78 is 1.48. The van der Waals surface area contributed by atoms with Crippen molar-refractivity contribution in [2.24, 2.45) is 0 Å². The average molecular weight is 212 g/mol. The standard InChI is InChI=1S/C7H8N4O2S/c1-3(2)4-8-9-7-11(4)10-5(14-7)6(12)13/h3H,1-2H3,(H,12,13). The number of carboxylic acid groups (broad SMARTS) is 1. The lowest BCUT2D eigenvalue weighted by Gasteiger charge is -1.96. The van der Waals surface area contributed by atoms with Crippen LogP contribution in [0.2, 0.25) is 0 Å². The van der Waals surface area contributed by atoms with Crippen LogP contribution in [-0.4, -0.2) is 30.9 Å². The number of aromatic carboxylic acids is 1. The first-order chi connectivity index (χ1) is 6.59. The Kier molecular flexibility index (Phi) is 1.95. The third kappa shape index (κ3) is 1.25. The zero-order valence-corrected chi connectivity index (χ0v) is 8.45. The minimum absolute atomic E-state index is 0.0387. The third-order valence-corrected chi connectivity index (χ3v) is 2.60. The van der Waals surface area contributed by atoms with E-state index in [-0.39, 0.29) is 10.9 Å². The minimum Gasteiger partial charge on any atom is -0.476 e. The summed E-state index contributed by atoms with van der Waals surface area (Å²) in [6, 6.07) is 0. The first-order valence-corrected chi connectivity index (χ1v) is 4.86. The summed E-state index contributed by atoms with van der Waals surface area (Å²) in [7, 11) is 0. The van der Waals surface area contributed by atoms with Gasteiger partial charge in [-0.25, -0.2) is 4.79 Å². The van der Waals surface area contributed by atoms with Gasteiger partial charge < -0.3 is 5.11 Å². The second-order valence-corrected chi connectivity index (χ2v) is 4.08. The van der Waals surface area contributed by atoms with Crippen LogP contribution in [0.1, 0.15) is 35.4 Å². The number of carbonyl (C=O) groups is 1. The molecule has 0 unspecified atom stereocenters. The van der Waals surface area contributed by atoms with Crippen molar-refractivity contribution in [3.63, 3.8) is 0 Å². The van der Waals surface area contributed by atoms with Gasteiger partial charge in [0.05, 0.1) is 0 Å². The van der Waals surface area contributed by atoms with E-state index >= 15 is 0 Å². The van der Waals surface area contributed by atoms with Crippen molar-refractivity contribution in [2.45, 2.75) is 19.8 Å². The molecule has 0 bridgehead atoms. The Balaban J connectivity index is 2.61. The van der Waals surface area contributed by atoms with Gasteiger partial charge >= 0.3 is 5.97 Å². The molecule has 6 nitrogen and oxygen atoms in total. The van der Waals surface area contributed by atoms with Gasteiger partial charge in [0.25, 0.3) is 0 Å². The van der Waals surface area contributed by atoms with Crippen molar-refractivity contribution in [3.05, 3.63) is 10.8 Å². The Morgan fingerprint density at radius 3 is 2.79 bits per heavy atom. The van der Waals surface area contributed by atoms with Gasteiger partial charge in [-0.1, -0.05) is 25.2 Å². The summed E-state index contributed by atoms with van der Waals surface area (Å²) in [5.41, 5.74) is 0. The van der Waals surface area contributed by atoms with Crippen molar-refractivity contribution in [3.8, 4) is 0 Å². The molecule has 0 saturated heterocycles. The quantitative estimate of drug-likeness (QED) is 0.803. The van der Waals surface area contributed by atoms with E-state index in [0.29, 0.717) is 10.8 Å². The molecular formula is C7H8N4O2S. The molecule has 0 fully saturated rings. The van der Waals surface area contributed by atoms with Crippen molar-refractivity contribution in [2.75, 3.05) is 0 Å². The van der Waals surface area contributed by atoms with E-state index in [9.17, 15) is 4.79 Å². The Morgan fingerprint density at radius 1 is 1.50 bits per heavy atom. The van der Waals surface area contributed by atoms with Crippen molar-refractivity contribution in [1.29, 1.82) is 0 Å². The van der Waals surface area contributed by atoms with Crippen LogP contribution in [0.3, 0.4) is 0 Å². The molecule has 0 atom stereocenters. The lowest BCUT2D eigenvalue weighted by molar-refractivity contribution is 0.0695. The topological polar surface area (TPSA) is 80.4 Å². The van der Waals surface area contributed by atoms with Crippen LogP contribution >= 0.6 is 11.3 Å². The molecule has 2 aromatic heterocycles. The molecule has 0 aliphatic rings. The number of nitrogens with zero attached hydrogens (tertiary/aromatic N) is 4. The highest BCUT2D eigenvalue weighted by molar-refractivity contribution is 7.18. The molecule has 0 aliphatic carbocycles. The van der Waals surface area contributed by atoms with E-state index < -0.39 is 5.97 Å². The van der Waals surface area contributed by atoms with Crippen LogP contribution in [0.4, 0.5) is 0 Å². The van der Waals surface area contributed by atoms with Gasteiger partial charge in [0.2, 0.25) is 9.97 Å². The highest BCUT2D eigenvalue weighted by Gasteiger charge is 2.17. The lowest BCUT2D eigenvalue weighted by Crippen LogP contribution is -2.01. The number of rotatable bonds is 2. The molecule has 0 aromatic carbocycles. The summed E-state index contributed by atoms with van der Waals surface area (Å²) in [6.45, 7) is 3.91. The maximum atomic E-state index is 10.6. The maximum absolute atomic E-state index is 10.6. The number of hydrogen-bond donors (Lipinski definition) is 1. The van der Waals surface area contributed by atoms with Crippen LogP contribution in [0, 0.1) is 0 Å². The van der Waals surface area contributed by atoms with Gasteiger partial charge in [0.15, 0.2) is 5.82 Å². The fourth-order valence-electron chi connectivity index (χ4n) is 1.08. The maximum Gasteiger partial charge on any atom is 0.367 e. The van der Waals surface area contributed by atoms with E-state index in [1.54, 1.807) is 0 Å². The highest BCUT2D eigenvalue weighted by atomic mass is 32.1. The molecule has 74 valence electrons. The second kappa shape index (κ2) is 3.02. The van der Waals surface area contributed by atoms with E-state index in [4.69, 9.17) is 5.11 Å². The zero-order chi connectivity index (χ0) is 10.3. The fourth-order valence-corrected chi connectivity index (χ4v) is 1.76. The molecular weight excluding hydrogens is 204 g/mol. The summed E-state index contributed by atoms with van der Waals surface area (Å²) in [5.74, 6) is -0.173. The van der Waals surface area contributed by atoms with Crippen LogP contribution in [0.25, 0.3) is 4.96 Å². The van der Waals surface area contributed by atoms with E-state index in [1.807, 2.05) is 13.8 Å². The molecule has 0 amide bonds. The van der Waals surface area contributed by atoms with Crippen molar-refractivity contribution in [1.82, 2.24) is 19.8 Å². The Labute approximate surface area is 83.2 Å². The van der Waals surface area contributed by atoms with Gasteiger partial charge in [0, 0.05) is 5.92 Å². The Bertz CT molecular complexity index is 487. The van der Waals surface area contributed by atoms with Gasteiger partial charge in [0.1, 0.15) is 0 Å². The molecule has 2 aromatic rings. The Hall–Kier alpha value is -1.50. The van der Waals surface area contributed by atoms with E-state index in [1.165, 1.54) is 4.52 Å². The molecule has 0 spiro atoms. The van der Waals surface area contributed by atoms with E-state index in [2.05, 4.69) is 15.3 Å². The lowest BCUT2D eigenvalue weighted by atomic mass is 10.2. The molecule has 2 rings (SSSR count). The van der Waals surface area contributed by atoms with Crippen LogP contribution in [0.5, 0.6) is 0 Å². The van der Waals surface area contributed by atoms with Gasteiger partial charge in [-0.05, 0) is 0 Å². The predicted molar refractivity (Wildman–Crippen MR) is 49.7 cm³/mol. The minimum atomic E-state index is -1.03. The van der Waals surface area contributed by atoms with Crippen LogP contribution < -0.4 is 0 Å². The number of carboxylic acids is 1. The molecule has 7 heteroatoms. The first kappa shape index (κ1) is 9.07. The predicted octanol–water partition coefficient (Wildman–Crippen LogP) is 1.01. The summed E-state index contributed by atoms with van der Waals surface area (Å²) in [4.78, 5) is 11.2. The molecule has 14 heavy (non-hydrogen) atoms. The van der Waals surface area contributed by atoms with E-state index in [0.717, 1.165) is 11.3 Å². The van der Waals surface area contributed by atoms with Crippen LogP contribution in [-0.2, 0) is 0 Å². The SMILES string of the molecule is CC(C)c1nnc2sc(C(=O)O)nn12. The zero-order valence-electron chi connectivity index (χ0n) is 7.63. The first-order valence-electron chi connectivity index (χ1n) is 4.05.